The second-order valence-corrected chi connectivity index (χ2v) is 13.6. The molecule has 4 heterocycles. The fourth-order valence-electron chi connectivity index (χ4n) is 6.99. The van der Waals surface area contributed by atoms with Gasteiger partial charge in [-0.05, 0) is 0 Å². The average Bonchev–Trinajstić information content (AvgIpc) is 3.14. The van der Waals surface area contributed by atoms with Crippen molar-refractivity contribution in [3.8, 4) is 0 Å². The Morgan fingerprint density at radius 2 is 0.818 bits per heavy atom. The molecule has 4 aliphatic rings. The number of aliphatic hydroxyl groups excluding tert-OH is 9. The smallest absolute Gasteiger partial charge is 0.217 e. The highest BCUT2D eigenvalue weighted by Crippen LogP contribution is 2.34. The number of ether oxygens (including phenoxy) is 8. The maximum absolute atomic E-state index is 12.4. The number of carbonyl (C=O) groups is 3. The second kappa shape index (κ2) is 19.9. The van der Waals surface area contributed by atoms with Crippen molar-refractivity contribution < 1.29 is 98.2 Å². The number of nitrogens with two attached hydrogens (primary N) is 1. The van der Waals surface area contributed by atoms with Gasteiger partial charge in [-0.1, -0.05) is 0 Å². The molecule has 0 spiro atoms. The van der Waals surface area contributed by atoms with Crippen LogP contribution in [0.3, 0.4) is 0 Å². The van der Waals surface area contributed by atoms with E-state index in [4.69, 9.17) is 43.6 Å². The van der Waals surface area contributed by atoms with Gasteiger partial charge in [0.25, 0.3) is 0 Å². The van der Waals surface area contributed by atoms with Gasteiger partial charge in [-0.15, -0.1) is 0 Å². The fraction of sp³-hybridized carbons (Fsp3) is 0.903. The largest absolute Gasteiger partial charge is 0.394 e. The number of aliphatic hydroxyl groups is 9. The van der Waals surface area contributed by atoms with Crippen molar-refractivity contribution in [1.82, 2.24) is 16.0 Å². The molecule has 0 bridgehead atoms. The normalized spacial score (nSPS) is 45.1. The van der Waals surface area contributed by atoms with E-state index in [1.165, 1.54) is 14.0 Å². The Hall–Kier alpha value is -2.31. The van der Waals surface area contributed by atoms with Crippen LogP contribution in [0, 0.1) is 0 Å². The Labute approximate surface area is 314 Å². The molecule has 55 heavy (non-hydrogen) atoms. The Morgan fingerprint density at radius 3 is 1.15 bits per heavy atom. The predicted molar refractivity (Wildman–Crippen MR) is 175 cm³/mol. The van der Waals surface area contributed by atoms with Crippen LogP contribution in [0.25, 0.3) is 0 Å². The number of amides is 3. The maximum atomic E-state index is 12.4. The van der Waals surface area contributed by atoms with E-state index in [0.29, 0.717) is 0 Å². The van der Waals surface area contributed by atoms with Crippen LogP contribution in [0.5, 0.6) is 0 Å². The van der Waals surface area contributed by atoms with E-state index in [0.717, 1.165) is 13.8 Å². The summed E-state index contributed by atoms with van der Waals surface area (Å²) < 4.78 is 46.1. The summed E-state index contributed by atoms with van der Waals surface area (Å²) in [5.41, 5.74) is 5.99. The topological polar surface area (TPSA) is 369 Å². The Kier molecular flexibility index (Phi) is 16.4. The summed E-state index contributed by atoms with van der Waals surface area (Å²) in [6, 6.07) is -5.72. The summed E-state index contributed by atoms with van der Waals surface area (Å²) in [6.07, 6.45) is -25.0. The molecule has 0 aromatic carbocycles. The lowest BCUT2D eigenvalue weighted by Crippen LogP contribution is -2.71. The zero-order valence-corrected chi connectivity index (χ0v) is 30.5. The molecule has 0 aromatic heterocycles. The van der Waals surface area contributed by atoms with Gasteiger partial charge in [0.05, 0.1) is 32.5 Å². The molecule has 318 valence electrons. The quantitative estimate of drug-likeness (QED) is 0.0775. The van der Waals surface area contributed by atoms with Crippen LogP contribution >= 0.6 is 0 Å². The van der Waals surface area contributed by atoms with Crippen molar-refractivity contribution in [3.05, 3.63) is 0 Å². The summed E-state index contributed by atoms with van der Waals surface area (Å²) in [5.74, 6) is -1.98. The minimum Gasteiger partial charge on any atom is -0.394 e. The highest BCUT2D eigenvalue weighted by molar-refractivity contribution is 5.74. The molecule has 4 saturated heterocycles. The summed E-state index contributed by atoms with van der Waals surface area (Å²) in [7, 11) is 1.24. The standard InChI is InChI=1S/C31H54N4O20/c1-9(40)33-17-22(45)26(13(6-37)50-29(17)48-4)54-31-19(35-11(3)42)24(47)27(15(8-39)52-31)55-30-18(34-10(2)41)23(46)25(14(7-38)51-30)53-28-16(32)21(44)20(43)12(5-36)49-28/h12-31,36-39,43-47H,5-8,32H2,1-4H3,(H,33,40)(H,34,41)(H,35,42)/t12?,13?,14?,15?,16?,17?,18?,19?,20?,21-,22?,23?,24-,25+,26+,27?,28?,29+,30-,31?/m1/s1. The number of carbonyl (C=O) groups excluding carboxylic acids is 3. The van der Waals surface area contributed by atoms with Crippen molar-refractivity contribution in [1.29, 1.82) is 0 Å². The summed E-state index contributed by atoms with van der Waals surface area (Å²) >= 11 is 0. The van der Waals surface area contributed by atoms with Gasteiger partial charge in [0.2, 0.25) is 17.7 Å². The summed E-state index contributed by atoms with van der Waals surface area (Å²) in [4.78, 5) is 36.6. The Bertz CT molecular complexity index is 1270. The van der Waals surface area contributed by atoms with Crippen LogP contribution in [0.4, 0.5) is 0 Å². The van der Waals surface area contributed by atoms with E-state index in [2.05, 4.69) is 16.0 Å². The van der Waals surface area contributed by atoms with Gasteiger partial charge in [-0.3, -0.25) is 14.4 Å². The molecule has 20 atom stereocenters. The van der Waals surface area contributed by atoms with Gasteiger partial charge in [0.1, 0.15) is 91.4 Å². The average molecular weight is 803 g/mol. The molecule has 14 N–H and O–H groups in total. The van der Waals surface area contributed by atoms with Crippen LogP contribution in [-0.2, 0) is 52.3 Å². The van der Waals surface area contributed by atoms with Gasteiger partial charge < -0.3 is 106 Å². The molecule has 0 radical (unpaired) electrons. The van der Waals surface area contributed by atoms with E-state index in [9.17, 15) is 60.3 Å². The zero-order chi connectivity index (χ0) is 40.9. The van der Waals surface area contributed by atoms with Gasteiger partial charge in [-0.2, -0.15) is 0 Å². The van der Waals surface area contributed by atoms with E-state index in [-0.39, 0.29) is 0 Å². The van der Waals surface area contributed by atoms with Crippen molar-refractivity contribution in [2.75, 3.05) is 33.5 Å². The molecule has 0 saturated carbocycles. The Balaban J connectivity index is 1.59. The van der Waals surface area contributed by atoms with Crippen LogP contribution in [-0.4, -0.2) is 220 Å². The number of hydrogen-bond acceptors (Lipinski definition) is 21. The van der Waals surface area contributed by atoms with Gasteiger partial charge >= 0.3 is 0 Å². The lowest BCUT2D eigenvalue weighted by Gasteiger charge is -2.50. The first-order chi connectivity index (χ1) is 26.0. The minimum absolute atomic E-state index is 0.564. The van der Waals surface area contributed by atoms with E-state index >= 15 is 0 Å². The van der Waals surface area contributed by atoms with Gasteiger partial charge in [-0.25, -0.2) is 0 Å². The zero-order valence-electron chi connectivity index (χ0n) is 30.5. The van der Waals surface area contributed by atoms with Crippen molar-refractivity contribution in [3.63, 3.8) is 0 Å². The van der Waals surface area contributed by atoms with Crippen LogP contribution in [0.2, 0.25) is 0 Å². The fourth-order valence-corrected chi connectivity index (χ4v) is 6.99. The molecule has 3 amide bonds. The second-order valence-electron chi connectivity index (χ2n) is 13.6. The van der Waals surface area contributed by atoms with Crippen LogP contribution < -0.4 is 21.7 Å². The minimum atomic E-state index is -1.84. The first-order valence-electron chi connectivity index (χ1n) is 17.5. The monoisotopic (exact) mass is 802 g/mol. The van der Waals surface area contributed by atoms with E-state index in [1.54, 1.807) is 0 Å². The third-order valence-corrected chi connectivity index (χ3v) is 9.70. The Morgan fingerprint density at radius 1 is 0.509 bits per heavy atom. The molecule has 4 fully saturated rings. The number of rotatable bonds is 14. The molecule has 0 aromatic rings. The molecule has 0 aliphatic carbocycles. The van der Waals surface area contributed by atoms with Gasteiger partial charge in [0, 0.05) is 27.9 Å². The van der Waals surface area contributed by atoms with E-state index < -0.39 is 167 Å². The third-order valence-electron chi connectivity index (χ3n) is 9.70. The first-order valence-corrected chi connectivity index (χ1v) is 17.5. The third kappa shape index (κ3) is 10.2. The van der Waals surface area contributed by atoms with Crippen LogP contribution in [0.15, 0.2) is 0 Å². The number of methoxy groups -OCH3 is 1. The lowest BCUT2D eigenvalue weighted by molar-refractivity contribution is -0.362. The number of nitrogens with one attached hydrogen (secondary N) is 3. The lowest BCUT2D eigenvalue weighted by atomic mass is 9.93. The molecule has 14 unspecified atom stereocenters. The molecular formula is C31H54N4O20. The van der Waals surface area contributed by atoms with Gasteiger partial charge in [0.15, 0.2) is 25.2 Å². The SMILES string of the molecule is CO[C@H]1OC(CO)[C@H](OC2OC(CO)C(O[C@H]3OC(CO)[C@H](OC4OC(CO)C(O)[C@H](O)C4N)C(O)C3NC(C)=O)[C@H](O)C2NC(C)=O)C(O)C1NC(C)=O. The van der Waals surface area contributed by atoms with Crippen LogP contribution in [0.1, 0.15) is 20.8 Å². The first kappa shape index (κ1) is 45.4. The molecule has 24 nitrogen and oxygen atoms in total. The highest BCUT2D eigenvalue weighted by atomic mass is 16.8. The molecule has 24 heteroatoms. The summed E-state index contributed by atoms with van der Waals surface area (Å²) in [5, 5.41) is 103. The van der Waals surface area contributed by atoms with E-state index in [1.807, 2.05) is 0 Å². The highest BCUT2D eigenvalue weighted by Gasteiger charge is 2.56. The number of hydrogen-bond donors (Lipinski definition) is 13. The van der Waals surface area contributed by atoms with Crippen molar-refractivity contribution >= 4 is 17.7 Å². The molecule has 4 rings (SSSR count). The predicted octanol–water partition coefficient (Wildman–Crippen LogP) is -8.70. The maximum Gasteiger partial charge on any atom is 0.217 e. The molecule has 4 aliphatic heterocycles. The molecular weight excluding hydrogens is 748 g/mol. The summed E-state index contributed by atoms with van der Waals surface area (Å²) in [6.45, 7) is 0.174. The van der Waals surface area contributed by atoms with Crippen molar-refractivity contribution in [2.24, 2.45) is 5.73 Å². The van der Waals surface area contributed by atoms with Crippen molar-refractivity contribution in [2.45, 2.75) is 143 Å².